The predicted octanol–water partition coefficient (Wildman–Crippen LogP) is 4.59. The number of hydrogen-bond donors (Lipinski definition) is 1. The van der Waals surface area contributed by atoms with Crippen molar-refractivity contribution >= 4 is 28.9 Å². The number of anilines is 2. The topological polar surface area (TPSA) is 44.8 Å². The first kappa shape index (κ1) is 21.5. The summed E-state index contributed by atoms with van der Waals surface area (Å²) >= 11 is 5.97. The Hall–Kier alpha value is -2.24. The maximum atomic E-state index is 12.5. The van der Waals surface area contributed by atoms with Crippen molar-refractivity contribution in [2.45, 2.75) is 26.7 Å². The van der Waals surface area contributed by atoms with E-state index in [1.54, 1.807) is 0 Å². The molecule has 1 fully saturated rings. The number of amides is 1. The van der Waals surface area contributed by atoms with E-state index in [0.717, 1.165) is 55.4 Å². The summed E-state index contributed by atoms with van der Waals surface area (Å²) < 4.78 is 5.78. The molecule has 3 rings (SSSR count). The summed E-state index contributed by atoms with van der Waals surface area (Å²) in [5.74, 6) is 0.826. The van der Waals surface area contributed by atoms with Crippen molar-refractivity contribution in [3.05, 3.63) is 53.1 Å². The van der Waals surface area contributed by atoms with Crippen molar-refractivity contribution in [3.63, 3.8) is 0 Å². The molecule has 1 aliphatic heterocycles. The minimum Gasteiger partial charge on any atom is -0.493 e. The second-order valence-electron chi connectivity index (χ2n) is 7.35. The van der Waals surface area contributed by atoms with Gasteiger partial charge in [-0.25, -0.2) is 0 Å². The number of nitrogens with zero attached hydrogens (tertiary/aromatic N) is 2. The Kier molecular flexibility index (Phi) is 7.78. The van der Waals surface area contributed by atoms with Gasteiger partial charge in [0.25, 0.3) is 0 Å². The van der Waals surface area contributed by atoms with Gasteiger partial charge in [0, 0.05) is 37.6 Å². The van der Waals surface area contributed by atoms with Crippen LogP contribution < -0.4 is 15.0 Å². The molecule has 1 N–H and O–H groups in total. The molecule has 0 aliphatic carbocycles. The number of para-hydroxylation sites is 2. The minimum atomic E-state index is 0.0149. The Morgan fingerprint density at radius 2 is 1.90 bits per heavy atom. The number of aryl methyl sites for hydroxylation is 1. The number of halogens is 1. The van der Waals surface area contributed by atoms with Gasteiger partial charge >= 0.3 is 0 Å². The maximum Gasteiger partial charge on any atom is 0.224 e. The van der Waals surface area contributed by atoms with E-state index in [1.807, 2.05) is 43.3 Å². The lowest BCUT2D eigenvalue weighted by atomic mass is 10.2. The average molecular weight is 416 g/mol. The molecule has 0 atom stereocenters. The summed E-state index contributed by atoms with van der Waals surface area (Å²) in [6.45, 7) is 9.82. The molecule has 0 unspecified atom stereocenters. The molecule has 0 radical (unpaired) electrons. The van der Waals surface area contributed by atoms with Gasteiger partial charge in [-0.1, -0.05) is 30.7 Å². The third-order valence-electron chi connectivity index (χ3n) is 5.28. The van der Waals surface area contributed by atoms with Crippen LogP contribution in [0.5, 0.6) is 5.75 Å². The number of nitrogens with one attached hydrogen (secondary N) is 1. The number of benzene rings is 2. The Morgan fingerprint density at radius 1 is 1.14 bits per heavy atom. The van der Waals surface area contributed by atoms with E-state index in [-0.39, 0.29) is 5.91 Å². The third kappa shape index (κ3) is 6.12. The molecule has 1 aliphatic rings. The van der Waals surface area contributed by atoms with Crippen molar-refractivity contribution in [2.24, 2.45) is 0 Å². The SMILES string of the molecule is CCN1CCN(c2ccccc2NC(=O)CCCOc2ccc(Cl)cc2C)CC1. The smallest absolute Gasteiger partial charge is 0.224 e. The van der Waals surface area contributed by atoms with Gasteiger partial charge in [-0.05, 0) is 55.8 Å². The monoisotopic (exact) mass is 415 g/mol. The second-order valence-corrected chi connectivity index (χ2v) is 7.78. The molecule has 5 nitrogen and oxygen atoms in total. The summed E-state index contributed by atoms with van der Waals surface area (Å²) in [6, 6.07) is 13.6. The van der Waals surface area contributed by atoms with E-state index in [4.69, 9.17) is 16.3 Å². The zero-order chi connectivity index (χ0) is 20.6. The van der Waals surface area contributed by atoms with Gasteiger partial charge in [-0.2, -0.15) is 0 Å². The first-order valence-corrected chi connectivity index (χ1v) is 10.7. The van der Waals surface area contributed by atoms with Gasteiger partial charge in [0.1, 0.15) is 5.75 Å². The van der Waals surface area contributed by atoms with E-state index < -0.39 is 0 Å². The molecule has 0 spiro atoms. The molecule has 0 aromatic heterocycles. The molecule has 2 aromatic carbocycles. The molecule has 0 bridgehead atoms. The zero-order valence-electron chi connectivity index (χ0n) is 17.3. The van der Waals surface area contributed by atoms with E-state index >= 15 is 0 Å². The number of hydrogen-bond acceptors (Lipinski definition) is 4. The Labute approximate surface area is 178 Å². The predicted molar refractivity (Wildman–Crippen MR) is 120 cm³/mol. The molecule has 1 saturated heterocycles. The standard InChI is InChI=1S/C23H30ClN3O2/c1-3-26-12-14-27(15-13-26)21-8-5-4-7-20(21)25-23(28)9-6-16-29-22-11-10-19(24)17-18(22)2/h4-5,7-8,10-11,17H,3,6,9,12-16H2,1-2H3,(H,25,28). The van der Waals surface area contributed by atoms with Crippen molar-refractivity contribution in [1.82, 2.24) is 4.90 Å². The normalized spacial score (nSPS) is 14.7. The highest BCUT2D eigenvalue weighted by molar-refractivity contribution is 6.30. The molecule has 156 valence electrons. The Morgan fingerprint density at radius 3 is 2.62 bits per heavy atom. The Bertz CT molecular complexity index is 820. The van der Waals surface area contributed by atoms with Crippen LogP contribution in [0.4, 0.5) is 11.4 Å². The van der Waals surface area contributed by atoms with Crippen LogP contribution in [0.15, 0.2) is 42.5 Å². The van der Waals surface area contributed by atoms with Crippen molar-refractivity contribution in [1.29, 1.82) is 0 Å². The Balaban J connectivity index is 1.48. The highest BCUT2D eigenvalue weighted by Gasteiger charge is 2.18. The highest BCUT2D eigenvalue weighted by atomic mass is 35.5. The van der Waals surface area contributed by atoms with Gasteiger partial charge in [0.15, 0.2) is 0 Å². The molecule has 1 amide bonds. The minimum absolute atomic E-state index is 0.0149. The van der Waals surface area contributed by atoms with E-state index in [2.05, 4.69) is 28.1 Å². The number of carbonyl (C=O) groups excluding carboxylic acids is 1. The number of rotatable bonds is 8. The van der Waals surface area contributed by atoms with E-state index in [9.17, 15) is 4.79 Å². The van der Waals surface area contributed by atoms with Crippen LogP contribution >= 0.6 is 11.6 Å². The van der Waals surface area contributed by atoms with Crippen LogP contribution in [0.2, 0.25) is 5.02 Å². The van der Waals surface area contributed by atoms with E-state index in [1.165, 1.54) is 0 Å². The van der Waals surface area contributed by atoms with Gasteiger partial charge in [-0.3, -0.25) is 4.79 Å². The summed E-state index contributed by atoms with van der Waals surface area (Å²) in [5.41, 5.74) is 2.99. The molecular weight excluding hydrogens is 386 g/mol. The average Bonchev–Trinajstić information content (AvgIpc) is 2.73. The molecule has 29 heavy (non-hydrogen) atoms. The van der Waals surface area contributed by atoms with Crippen LogP contribution in [-0.2, 0) is 4.79 Å². The van der Waals surface area contributed by atoms with E-state index in [0.29, 0.717) is 24.5 Å². The third-order valence-corrected chi connectivity index (χ3v) is 5.52. The lowest BCUT2D eigenvalue weighted by Crippen LogP contribution is -2.46. The molecular formula is C23H30ClN3O2. The summed E-state index contributed by atoms with van der Waals surface area (Å²) in [4.78, 5) is 17.3. The number of carbonyl (C=O) groups is 1. The molecule has 6 heteroatoms. The fraction of sp³-hybridized carbons (Fsp3) is 0.435. The fourth-order valence-electron chi connectivity index (χ4n) is 3.56. The van der Waals surface area contributed by atoms with Crippen LogP contribution in [0.3, 0.4) is 0 Å². The van der Waals surface area contributed by atoms with Gasteiger partial charge in [-0.15, -0.1) is 0 Å². The second kappa shape index (κ2) is 10.5. The largest absolute Gasteiger partial charge is 0.493 e. The lowest BCUT2D eigenvalue weighted by Gasteiger charge is -2.36. The first-order chi connectivity index (χ1) is 14.1. The van der Waals surface area contributed by atoms with Crippen LogP contribution in [0, 0.1) is 6.92 Å². The van der Waals surface area contributed by atoms with Crippen LogP contribution in [0.25, 0.3) is 0 Å². The number of ether oxygens (including phenoxy) is 1. The zero-order valence-corrected chi connectivity index (χ0v) is 18.0. The van der Waals surface area contributed by atoms with Gasteiger partial charge in [0.2, 0.25) is 5.91 Å². The van der Waals surface area contributed by atoms with Crippen molar-refractivity contribution in [2.75, 3.05) is 49.5 Å². The number of piperazine rings is 1. The van der Waals surface area contributed by atoms with Gasteiger partial charge in [0.05, 0.1) is 18.0 Å². The van der Waals surface area contributed by atoms with Crippen molar-refractivity contribution in [3.8, 4) is 5.75 Å². The maximum absolute atomic E-state index is 12.5. The van der Waals surface area contributed by atoms with Crippen LogP contribution in [0.1, 0.15) is 25.3 Å². The molecule has 0 saturated carbocycles. The highest BCUT2D eigenvalue weighted by Crippen LogP contribution is 2.27. The van der Waals surface area contributed by atoms with Crippen molar-refractivity contribution < 1.29 is 9.53 Å². The molecule has 1 heterocycles. The molecule has 2 aromatic rings. The quantitative estimate of drug-likeness (QED) is 0.640. The number of likely N-dealkylation sites (N-methyl/N-ethyl adjacent to an activating group) is 1. The summed E-state index contributed by atoms with van der Waals surface area (Å²) in [7, 11) is 0. The van der Waals surface area contributed by atoms with Crippen LogP contribution in [-0.4, -0.2) is 50.1 Å². The first-order valence-electron chi connectivity index (χ1n) is 10.3. The fourth-order valence-corrected chi connectivity index (χ4v) is 3.79. The summed E-state index contributed by atoms with van der Waals surface area (Å²) in [6.07, 6.45) is 1.08. The van der Waals surface area contributed by atoms with Gasteiger partial charge < -0.3 is 19.9 Å². The summed E-state index contributed by atoms with van der Waals surface area (Å²) in [5, 5.41) is 3.78. The lowest BCUT2D eigenvalue weighted by molar-refractivity contribution is -0.116.